The maximum absolute atomic E-state index is 11.5. The summed E-state index contributed by atoms with van der Waals surface area (Å²) >= 11 is 0. The molecule has 1 aromatic heterocycles. The number of hydrogen-bond acceptors (Lipinski definition) is 4. The van der Waals surface area contributed by atoms with Gasteiger partial charge in [-0.3, -0.25) is 4.79 Å². The predicted octanol–water partition coefficient (Wildman–Crippen LogP) is 0.871. The third-order valence-electron chi connectivity index (χ3n) is 3.11. The van der Waals surface area contributed by atoms with Crippen LogP contribution in [0.1, 0.15) is 53.4 Å². The predicted molar refractivity (Wildman–Crippen MR) is 64.6 cm³/mol. The summed E-state index contributed by atoms with van der Waals surface area (Å²) < 4.78 is 0. The number of hydrogen-bond donors (Lipinski definition) is 2. The number of primary amides is 1. The number of nitrogens with zero attached hydrogens (tertiary/aromatic N) is 2. The number of aryl methyl sites for hydroxylation is 2. The summed E-state index contributed by atoms with van der Waals surface area (Å²) in [4.78, 5) is 20.1. The number of amides is 1. The molecule has 1 aliphatic rings. The van der Waals surface area contributed by atoms with Gasteiger partial charge < -0.3 is 11.1 Å². The fourth-order valence-corrected chi connectivity index (χ4v) is 2.39. The van der Waals surface area contributed by atoms with E-state index in [0.717, 1.165) is 37.1 Å². The molecule has 1 atom stereocenters. The molecule has 1 aromatic rings. The normalized spacial score (nSPS) is 19.5. The Hall–Kier alpha value is -1.49. The van der Waals surface area contributed by atoms with Crippen molar-refractivity contribution in [3.05, 3.63) is 22.8 Å². The molecule has 0 aromatic carbocycles. The Balaban J connectivity index is 2.55. The highest BCUT2D eigenvalue weighted by atomic mass is 16.1. The Morgan fingerprint density at radius 3 is 2.82 bits per heavy atom. The smallest absolute Gasteiger partial charge is 0.267 e. The summed E-state index contributed by atoms with van der Waals surface area (Å²) in [5.41, 5.74) is 7.64. The van der Waals surface area contributed by atoms with Crippen LogP contribution in [0.2, 0.25) is 0 Å². The Labute approximate surface area is 101 Å². The van der Waals surface area contributed by atoms with Crippen molar-refractivity contribution in [2.45, 2.75) is 39.2 Å². The molecule has 17 heavy (non-hydrogen) atoms. The van der Waals surface area contributed by atoms with Crippen molar-refractivity contribution < 1.29 is 4.79 Å². The van der Waals surface area contributed by atoms with E-state index >= 15 is 0 Å². The zero-order valence-corrected chi connectivity index (χ0v) is 10.3. The Morgan fingerprint density at radius 2 is 2.29 bits per heavy atom. The van der Waals surface area contributed by atoms with Crippen LogP contribution in [0.3, 0.4) is 0 Å². The van der Waals surface area contributed by atoms with E-state index in [1.165, 1.54) is 0 Å². The molecule has 2 rings (SSSR count). The van der Waals surface area contributed by atoms with E-state index in [-0.39, 0.29) is 6.04 Å². The van der Waals surface area contributed by atoms with E-state index in [2.05, 4.69) is 15.3 Å². The molecule has 1 unspecified atom stereocenters. The summed E-state index contributed by atoms with van der Waals surface area (Å²) in [5, 5.41) is 3.37. The van der Waals surface area contributed by atoms with Gasteiger partial charge in [-0.2, -0.15) is 0 Å². The number of carbonyl (C=O) groups is 1. The number of aromatic nitrogens is 2. The molecule has 0 radical (unpaired) electrons. The third kappa shape index (κ3) is 2.29. The second kappa shape index (κ2) is 4.79. The minimum Gasteiger partial charge on any atom is -0.364 e. The average molecular weight is 234 g/mol. The molecule has 5 nitrogen and oxygen atoms in total. The fourth-order valence-electron chi connectivity index (χ4n) is 2.39. The number of rotatable bonds is 3. The molecule has 1 saturated heterocycles. The van der Waals surface area contributed by atoms with Gasteiger partial charge in [0.25, 0.3) is 5.91 Å². The molecule has 0 bridgehead atoms. The van der Waals surface area contributed by atoms with Gasteiger partial charge >= 0.3 is 0 Å². The molecule has 2 heterocycles. The van der Waals surface area contributed by atoms with Gasteiger partial charge in [0.05, 0.1) is 0 Å². The van der Waals surface area contributed by atoms with Crippen LogP contribution in [0.5, 0.6) is 0 Å². The lowest BCUT2D eigenvalue weighted by atomic mass is 9.99. The van der Waals surface area contributed by atoms with Crippen molar-refractivity contribution in [1.29, 1.82) is 0 Å². The van der Waals surface area contributed by atoms with E-state index in [1.54, 1.807) is 6.92 Å². The van der Waals surface area contributed by atoms with Crippen molar-refractivity contribution in [2.24, 2.45) is 5.73 Å². The first-order valence-electron chi connectivity index (χ1n) is 6.04. The van der Waals surface area contributed by atoms with Crippen molar-refractivity contribution in [3.63, 3.8) is 0 Å². The molecule has 92 valence electrons. The topological polar surface area (TPSA) is 80.9 Å². The number of nitrogens with two attached hydrogens (primary N) is 1. The Kier molecular flexibility index (Phi) is 3.38. The van der Waals surface area contributed by atoms with E-state index in [0.29, 0.717) is 11.5 Å². The van der Waals surface area contributed by atoms with Gasteiger partial charge in [0, 0.05) is 17.3 Å². The van der Waals surface area contributed by atoms with E-state index in [9.17, 15) is 4.79 Å². The van der Waals surface area contributed by atoms with Gasteiger partial charge in [0.15, 0.2) is 0 Å². The summed E-state index contributed by atoms with van der Waals surface area (Å²) in [6.45, 7) is 4.79. The molecule has 5 heteroatoms. The van der Waals surface area contributed by atoms with E-state index in [1.807, 2.05) is 6.92 Å². The summed E-state index contributed by atoms with van der Waals surface area (Å²) in [6, 6.07) is 0.174. The van der Waals surface area contributed by atoms with Crippen LogP contribution in [-0.2, 0) is 6.42 Å². The summed E-state index contributed by atoms with van der Waals surface area (Å²) in [7, 11) is 0. The Morgan fingerprint density at radius 1 is 1.53 bits per heavy atom. The number of carbonyl (C=O) groups excluding carboxylic acids is 1. The maximum atomic E-state index is 11.5. The molecular weight excluding hydrogens is 216 g/mol. The van der Waals surface area contributed by atoms with Crippen LogP contribution < -0.4 is 11.1 Å². The van der Waals surface area contributed by atoms with Gasteiger partial charge in [-0.05, 0) is 32.7 Å². The lowest BCUT2D eigenvalue weighted by Gasteiger charge is -2.17. The zero-order chi connectivity index (χ0) is 12.4. The van der Waals surface area contributed by atoms with Crippen LogP contribution >= 0.6 is 0 Å². The molecule has 3 N–H and O–H groups in total. The van der Waals surface area contributed by atoms with Gasteiger partial charge in [0.1, 0.15) is 11.5 Å². The average Bonchev–Trinajstić information content (AvgIpc) is 2.80. The second-order valence-corrected chi connectivity index (χ2v) is 4.35. The van der Waals surface area contributed by atoms with Crippen LogP contribution in [0.4, 0.5) is 0 Å². The first-order valence-corrected chi connectivity index (χ1v) is 6.04. The maximum Gasteiger partial charge on any atom is 0.267 e. The molecular formula is C12H18N4O. The van der Waals surface area contributed by atoms with Gasteiger partial charge in [-0.25, -0.2) is 9.97 Å². The SMILES string of the molecule is CCc1nc(C)nc(C(N)=O)c1C1CCCN1. The molecule has 0 aliphatic carbocycles. The van der Waals surface area contributed by atoms with E-state index < -0.39 is 5.91 Å². The lowest BCUT2D eigenvalue weighted by Crippen LogP contribution is -2.24. The van der Waals surface area contributed by atoms with E-state index in [4.69, 9.17) is 5.73 Å². The van der Waals surface area contributed by atoms with Gasteiger partial charge in [0.2, 0.25) is 0 Å². The Bertz CT molecular complexity index is 438. The van der Waals surface area contributed by atoms with Crippen LogP contribution in [-0.4, -0.2) is 22.4 Å². The highest BCUT2D eigenvalue weighted by molar-refractivity contribution is 5.92. The molecule has 0 saturated carbocycles. The molecule has 0 spiro atoms. The standard InChI is InChI=1S/C12H18N4O/c1-3-8-10(9-5-4-6-14-9)11(12(13)17)16-7(2)15-8/h9,14H,3-6H2,1-2H3,(H2,13,17). The summed E-state index contributed by atoms with van der Waals surface area (Å²) in [6.07, 6.45) is 2.91. The monoisotopic (exact) mass is 234 g/mol. The van der Waals surface area contributed by atoms with Crippen molar-refractivity contribution in [3.8, 4) is 0 Å². The minimum atomic E-state index is -0.464. The zero-order valence-electron chi connectivity index (χ0n) is 10.3. The minimum absolute atomic E-state index is 0.174. The lowest BCUT2D eigenvalue weighted by molar-refractivity contribution is 0.0993. The van der Waals surface area contributed by atoms with Gasteiger partial charge in [-0.1, -0.05) is 6.92 Å². The van der Waals surface area contributed by atoms with Crippen molar-refractivity contribution in [1.82, 2.24) is 15.3 Å². The highest BCUT2D eigenvalue weighted by Gasteiger charge is 2.26. The first kappa shape index (κ1) is 12.0. The molecule has 1 fully saturated rings. The quantitative estimate of drug-likeness (QED) is 0.813. The number of nitrogens with one attached hydrogen (secondary N) is 1. The fraction of sp³-hybridized carbons (Fsp3) is 0.583. The van der Waals surface area contributed by atoms with Crippen molar-refractivity contribution in [2.75, 3.05) is 6.54 Å². The molecule has 1 aliphatic heterocycles. The van der Waals surface area contributed by atoms with Crippen molar-refractivity contribution >= 4 is 5.91 Å². The third-order valence-corrected chi connectivity index (χ3v) is 3.11. The summed E-state index contributed by atoms with van der Waals surface area (Å²) in [5.74, 6) is 0.145. The van der Waals surface area contributed by atoms with Gasteiger partial charge in [-0.15, -0.1) is 0 Å². The largest absolute Gasteiger partial charge is 0.364 e. The van der Waals surface area contributed by atoms with Crippen LogP contribution in [0.25, 0.3) is 0 Å². The van der Waals surface area contributed by atoms with Crippen LogP contribution in [0.15, 0.2) is 0 Å². The highest BCUT2D eigenvalue weighted by Crippen LogP contribution is 2.27. The second-order valence-electron chi connectivity index (χ2n) is 4.35. The molecule has 1 amide bonds. The van der Waals surface area contributed by atoms with Crippen LogP contribution in [0, 0.1) is 6.92 Å². The first-order chi connectivity index (χ1) is 8.13.